The van der Waals surface area contributed by atoms with Crippen molar-refractivity contribution in [1.82, 2.24) is 0 Å². The van der Waals surface area contributed by atoms with Gasteiger partial charge in [0.1, 0.15) is 5.75 Å². The molecule has 0 radical (unpaired) electrons. The minimum Gasteiger partial charge on any atom is -0.483 e. The third kappa shape index (κ3) is 4.59. The predicted molar refractivity (Wildman–Crippen MR) is 97.8 cm³/mol. The summed E-state index contributed by atoms with van der Waals surface area (Å²) in [6.45, 7) is 3.86. The lowest BCUT2D eigenvalue weighted by atomic mass is 10.1. The molecule has 0 spiro atoms. The standard InChI is InChI=1S/C20H22N2O3/c1-13-4-3-5-14(2)19(13)25-12-18(23)21-16-8-10-17(11-9-16)22-20(24)15-6-7-15/h3-5,8-11,15H,6-7,12H2,1-2H3,(H,21,23)(H,22,24). The highest BCUT2D eigenvalue weighted by molar-refractivity contribution is 5.95. The van der Waals surface area contributed by atoms with E-state index in [2.05, 4.69) is 10.6 Å². The molecule has 1 aliphatic rings. The van der Waals surface area contributed by atoms with Crippen molar-refractivity contribution in [1.29, 1.82) is 0 Å². The molecule has 0 bridgehead atoms. The number of carbonyl (C=O) groups is 2. The Morgan fingerprint density at radius 2 is 1.52 bits per heavy atom. The van der Waals surface area contributed by atoms with Gasteiger partial charge in [-0.1, -0.05) is 18.2 Å². The van der Waals surface area contributed by atoms with E-state index in [4.69, 9.17) is 4.74 Å². The molecule has 1 fully saturated rings. The molecule has 2 aromatic rings. The lowest BCUT2D eigenvalue weighted by molar-refractivity contribution is -0.118. The van der Waals surface area contributed by atoms with Crippen LogP contribution in [-0.2, 0) is 9.59 Å². The lowest BCUT2D eigenvalue weighted by Crippen LogP contribution is -2.20. The first-order chi connectivity index (χ1) is 12.0. The van der Waals surface area contributed by atoms with E-state index in [1.54, 1.807) is 24.3 Å². The Labute approximate surface area is 147 Å². The monoisotopic (exact) mass is 338 g/mol. The Hall–Kier alpha value is -2.82. The highest BCUT2D eigenvalue weighted by Crippen LogP contribution is 2.30. The van der Waals surface area contributed by atoms with Crippen LogP contribution in [0.3, 0.4) is 0 Å². The van der Waals surface area contributed by atoms with Gasteiger partial charge in [0.15, 0.2) is 6.61 Å². The zero-order valence-corrected chi connectivity index (χ0v) is 14.5. The fraction of sp³-hybridized carbons (Fsp3) is 0.300. The summed E-state index contributed by atoms with van der Waals surface area (Å²) in [7, 11) is 0. The topological polar surface area (TPSA) is 67.4 Å². The average Bonchev–Trinajstić information content (AvgIpc) is 3.41. The molecule has 0 aliphatic heterocycles. The molecule has 2 aromatic carbocycles. The normalized spacial score (nSPS) is 13.2. The minimum atomic E-state index is -0.225. The summed E-state index contributed by atoms with van der Waals surface area (Å²) >= 11 is 0. The summed E-state index contributed by atoms with van der Waals surface area (Å²) in [5.74, 6) is 0.758. The van der Waals surface area contributed by atoms with E-state index in [-0.39, 0.29) is 24.3 Å². The van der Waals surface area contributed by atoms with Gasteiger partial charge in [-0.2, -0.15) is 0 Å². The second-order valence-corrected chi connectivity index (χ2v) is 6.40. The molecule has 0 heterocycles. The van der Waals surface area contributed by atoms with Crippen LogP contribution < -0.4 is 15.4 Å². The van der Waals surface area contributed by atoms with Crippen LogP contribution in [0.25, 0.3) is 0 Å². The first-order valence-electron chi connectivity index (χ1n) is 8.43. The summed E-state index contributed by atoms with van der Waals surface area (Å²) in [5, 5.41) is 5.66. The van der Waals surface area contributed by atoms with E-state index in [1.807, 2.05) is 32.0 Å². The second kappa shape index (κ2) is 7.38. The smallest absolute Gasteiger partial charge is 0.262 e. The third-order valence-electron chi connectivity index (χ3n) is 4.14. The molecule has 0 saturated heterocycles. The number of rotatable bonds is 6. The van der Waals surface area contributed by atoms with Gasteiger partial charge in [-0.25, -0.2) is 0 Å². The first kappa shape index (κ1) is 17.0. The van der Waals surface area contributed by atoms with E-state index in [0.29, 0.717) is 5.69 Å². The molecule has 2 amide bonds. The number of hydrogen-bond acceptors (Lipinski definition) is 3. The Morgan fingerprint density at radius 3 is 2.08 bits per heavy atom. The molecule has 25 heavy (non-hydrogen) atoms. The largest absolute Gasteiger partial charge is 0.483 e. The van der Waals surface area contributed by atoms with Gasteiger partial charge in [-0.15, -0.1) is 0 Å². The molecule has 1 aliphatic carbocycles. The number of aryl methyl sites for hydroxylation is 2. The molecule has 5 heteroatoms. The zero-order chi connectivity index (χ0) is 17.8. The number of nitrogens with one attached hydrogen (secondary N) is 2. The Morgan fingerprint density at radius 1 is 0.960 bits per heavy atom. The van der Waals surface area contributed by atoms with Crippen molar-refractivity contribution >= 4 is 23.2 Å². The van der Waals surface area contributed by atoms with Gasteiger partial charge in [-0.05, 0) is 62.1 Å². The molecule has 130 valence electrons. The van der Waals surface area contributed by atoms with Crippen molar-refractivity contribution in [2.45, 2.75) is 26.7 Å². The Kier molecular flexibility index (Phi) is 5.03. The molecule has 0 aromatic heterocycles. The molecular weight excluding hydrogens is 316 g/mol. The first-order valence-corrected chi connectivity index (χ1v) is 8.43. The highest BCUT2D eigenvalue weighted by Gasteiger charge is 2.29. The van der Waals surface area contributed by atoms with Crippen LogP contribution in [0.4, 0.5) is 11.4 Å². The van der Waals surface area contributed by atoms with Crippen LogP contribution in [-0.4, -0.2) is 18.4 Å². The van der Waals surface area contributed by atoms with Crippen LogP contribution in [0.2, 0.25) is 0 Å². The van der Waals surface area contributed by atoms with Gasteiger partial charge in [0.25, 0.3) is 5.91 Å². The SMILES string of the molecule is Cc1cccc(C)c1OCC(=O)Nc1ccc(NC(=O)C2CC2)cc1. The van der Waals surface area contributed by atoms with Crippen LogP contribution in [0.5, 0.6) is 5.75 Å². The number of ether oxygens (including phenoxy) is 1. The summed E-state index contributed by atoms with van der Waals surface area (Å²) in [6, 6.07) is 13.0. The Bertz CT molecular complexity index is 760. The highest BCUT2D eigenvalue weighted by atomic mass is 16.5. The van der Waals surface area contributed by atoms with Gasteiger partial charge >= 0.3 is 0 Å². The number of hydrogen-bond donors (Lipinski definition) is 2. The van der Waals surface area contributed by atoms with Crippen molar-refractivity contribution in [3.05, 3.63) is 53.6 Å². The third-order valence-corrected chi connectivity index (χ3v) is 4.14. The van der Waals surface area contributed by atoms with Gasteiger partial charge in [0.2, 0.25) is 5.91 Å². The summed E-state index contributed by atoms with van der Waals surface area (Å²) in [5.41, 5.74) is 3.41. The second-order valence-electron chi connectivity index (χ2n) is 6.40. The summed E-state index contributed by atoms with van der Waals surface area (Å²) in [4.78, 5) is 23.8. The predicted octanol–water partition coefficient (Wildman–Crippen LogP) is 3.67. The van der Waals surface area contributed by atoms with E-state index in [9.17, 15) is 9.59 Å². The van der Waals surface area contributed by atoms with E-state index in [1.165, 1.54) is 0 Å². The van der Waals surface area contributed by atoms with Gasteiger partial charge in [0, 0.05) is 17.3 Å². The molecule has 0 atom stereocenters. The average molecular weight is 338 g/mol. The van der Waals surface area contributed by atoms with Gasteiger partial charge < -0.3 is 15.4 Å². The number of benzene rings is 2. The number of para-hydroxylation sites is 1. The maximum absolute atomic E-state index is 12.1. The minimum absolute atomic E-state index is 0.0497. The van der Waals surface area contributed by atoms with Crippen LogP contribution >= 0.6 is 0 Å². The maximum atomic E-state index is 12.1. The summed E-state index contributed by atoms with van der Waals surface area (Å²) in [6.07, 6.45) is 1.95. The van der Waals surface area contributed by atoms with Crippen molar-refractivity contribution in [2.24, 2.45) is 5.92 Å². The zero-order valence-electron chi connectivity index (χ0n) is 14.5. The lowest BCUT2D eigenvalue weighted by Gasteiger charge is -2.12. The molecule has 3 rings (SSSR count). The van der Waals surface area contributed by atoms with Crippen molar-refractivity contribution in [3.63, 3.8) is 0 Å². The van der Waals surface area contributed by atoms with Crippen LogP contribution in [0.15, 0.2) is 42.5 Å². The van der Waals surface area contributed by atoms with Crippen LogP contribution in [0, 0.1) is 19.8 Å². The van der Waals surface area contributed by atoms with E-state index in [0.717, 1.165) is 35.4 Å². The molecule has 1 saturated carbocycles. The van der Waals surface area contributed by atoms with Gasteiger partial charge in [-0.3, -0.25) is 9.59 Å². The molecule has 5 nitrogen and oxygen atoms in total. The summed E-state index contributed by atoms with van der Waals surface area (Å²) < 4.78 is 5.64. The van der Waals surface area contributed by atoms with Crippen molar-refractivity contribution in [3.8, 4) is 5.75 Å². The van der Waals surface area contributed by atoms with Crippen molar-refractivity contribution < 1.29 is 14.3 Å². The fourth-order valence-electron chi connectivity index (χ4n) is 2.59. The molecular formula is C20H22N2O3. The number of anilines is 2. The van der Waals surface area contributed by atoms with Gasteiger partial charge in [0.05, 0.1) is 0 Å². The number of amides is 2. The van der Waals surface area contributed by atoms with Crippen molar-refractivity contribution in [2.75, 3.05) is 17.2 Å². The Balaban J connectivity index is 1.51. The fourth-order valence-corrected chi connectivity index (χ4v) is 2.59. The van der Waals surface area contributed by atoms with E-state index < -0.39 is 0 Å². The van der Waals surface area contributed by atoms with Crippen LogP contribution in [0.1, 0.15) is 24.0 Å². The molecule has 2 N–H and O–H groups in total. The molecule has 0 unspecified atom stereocenters. The maximum Gasteiger partial charge on any atom is 0.262 e. The number of carbonyl (C=O) groups excluding carboxylic acids is 2. The quantitative estimate of drug-likeness (QED) is 0.844. The van der Waals surface area contributed by atoms with E-state index >= 15 is 0 Å².